The van der Waals surface area contributed by atoms with Crippen molar-refractivity contribution in [3.8, 4) is 0 Å². The van der Waals surface area contributed by atoms with Gasteiger partial charge in [-0.15, -0.1) is 0 Å². The smallest absolute Gasteiger partial charge is 0.465 e. The molecule has 1 heterocycles. The van der Waals surface area contributed by atoms with Crippen molar-refractivity contribution in [3.05, 3.63) is 29.7 Å². The summed E-state index contributed by atoms with van der Waals surface area (Å²) in [6.07, 6.45) is 0. The summed E-state index contributed by atoms with van der Waals surface area (Å²) in [5, 5.41) is 0. The molecule has 1 aliphatic rings. The van der Waals surface area contributed by atoms with Crippen LogP contribution < -0.4 is 5.46 Å². The zero-order valence-corrected chi connectivity index (χ0v) is 11.2. The number of benzene rings is 1. The highest BCUT2D eigenvalue weighted by atomic mass is 16.7. The highest BCUT2D eigenvalue weighted by Gasteiger charge is 2.51. The van der Waals surface area contributed by atoms with Crippen LogP contribution in [0, 0.1) is 0 Å². The van der Waals surface area contributed by atoms with Crippen molar-refractivity contribution >= 4 is 18.6 Å². The molecule has 0 bridgehead atoms. The number of carbonyl (C=O) groups is 1. The first-order valence-corrected chi connectivity index (χ1v) is 5.78. The molecule has 1 saturated heterocycles. The van der Waals surface area contributed by atoms with Crippen LogP contribution in [0.5, 0.6) is 0 Å². The Hall–Kier alpha value is -1.33. The SMILES string of the molecule is [2H]c1c([2H])c(B2OC(C)(C)C(C)(C)O2)c([2H])c(C(=O)OC([2H])([2H])[2H])c1[2H]. The van der Waals surface area contributed by atoms with E-state index in [1.165, 1.54) is 0 Å². The lowest BCUT2D eigenvalue weighted by atomic mass is 9.78. The van der Waals surface area contributed by atoms with Gasteiger partial charge < -0.3 is 14.0 Å². The van der Waals surface area contributed by atoms with Gasteiger partial charge in [0.05, 0.1) is 33.4 Å². The Balaban J connectivity index is 2.61. The number of ether oxygens (including phenoxy) is 1. The van der Waals surface area contributed by atoms with Gasteiger partial charge in [0.15, 0.2) is 0 Å². The van der Waals surface area contributed by atoms with Crippen molar-refractivity contribution in [2.75, 3.05) is 7.04 Å². The molecular weight excluding hydrogens is 243 g/mol. The number of esters is 1. The summed E-state index contributed by atoms with van der Waals surface area (Å²) in [5.74, 6) is -1.44. The minimum atomic E-state index is -3.07. The normalized spacial score (nSPS) is 26.3. The molecule has 1 aliphatic heterocycles. The fraction of sp³-hybridized carbons (Fsp3) is 0.500. The molecule has 0 N–H and O–H groups in total. The largest absolute Gasteiger partial charge is 0.494 e. The first kappa shape index (κ1) is 7.46. The minimum Gasteiger partial charge on any atom is -0.465 e. The number of methoxy groups -OCH3 is 1. The van der Waals surface area contributed by atoms with Crippen LogP contribution in [0.4, 0.5) is 0 Å². The van der Waals surface area contributed by atoms with Crippen LogP contribution in [0.2, 0.25) is 0 Å². The van der Waals surface area contributed by atoms with Gasteiger partial charge in [-0.2, -0.15) is 0 Å². The van der Waals surface area contributed by atoms with Gasteiger partial charge in [-0.25, -0.2) is 4.79 Å². The fourth-order valence-corrected chi connectivity index (χ4v) is 1.59. The average Bonchev–Trinajstić information content (AvgIpc) is 2.62. The molecule has 5 heteroatoms. The quantitative estimate of drug-likeness (QED) is 0.606. The molecular formula is C14H19BO4. The van der Waals surface area contributed by atoms with Crippen LogP contribution in [0.1, 0.15) is 47.6 Å². The van der Waals surface area contributed by atoms with Crippen LogP contribution in [0.15, 0.2) is 24.2 Å². The first-order valence-electron chi connectivity index (χ1n) is 9.28. The van der Waals surface area contributed by atoms with E-state index in [1.54, 1.807) is 27.7 Å². The zero-order chi connectivity index (χ0) is 20.2. The second kappa shape index (κ2) is 4.65. The van der Waals surface area contributed by atoms with Crippen molar-refractivity contribution < 1.29 is 28.4 Å². The molecule has 0 aliphatic carbocycles. The molecule has 1 aromatic carbocycles. The van der Waals surface area contributed by atoms with E-state index in [1.807, 2.05) is 0 Å². The Bertz CT molecular complexity index is 745. The monoisotopic (exact) mass is 269 g/mol. The highest BCUT2D eigenvalue weighted by Crippen LogP contribution is 2.36. The number of carbonyl (C=O) groups excluding carboxylic acids is 1. The third-order valence-corrected chi connectivity index (χ3v) is 3.43. The molecule has 102 valence electrons. The van der Waals surface area contributed by atoms with E-state index in [4.69, 9.17) is 18.9 Å². The Morgan fingerprint density at radius 2 is 1.95 bits per heavy atom. The Morgan fingerprint density at radius 1 is 1.32 bits per heavy atom. The summed E-state index contributed by atoms with van der Waals surface area (Å²) in [6, 6.07) is -2.52. The van der Waals surface area contributed by atoms with Crippen LogP contribution in [0.25, 0.3) is 0 Å². The molecule has 0 aromatic heterocycles. The van der Waals surface area contributed by atoms with E-state index in [-0.39, 0.29) is 5.46 Å². The van der Waals surface area contributed by atoms with E-state index in [9.17, 15) is 4.79 Å². The van der Waals surface area contributed by atoms with Gasteiger partial charge in [-0.05, 0) is 45.2 Å². The number of hydrogen-bond acceptors (Lipinski definition) is 4. The Labute approximate surface area is 124 Å². The number of hydrogen-bond donors (Lipinski definition) is 0. The van der Waals surface area contributed by atoms with E-state index < -0.39 is 61.1 Å². The predicted molar refractivity (Wildman–Crippen MR) is 73.5 cm³/mol. The van der Waals surface area contributed by atoms with Crippen LogP contribution in [-0.4, -0.2) is 31.3 Å². The Kier molecular flexibility index (Phi) is 1.83. The topological polar surface area (TPSA) is 44.8 Å². The number of rotatable bonds is 2. The van der Waals surface area contributed by atoms with E-state index in [2.05, 4.69) is 4.74 Å². The summed E-state index contributed by atoms with van der Waals surface area (Å²) in [4.78, 5) is 12.1. The summed E-state index contributed by atoms with van der Waals surface area (Å²) in [6.45, 7) is 7.02. The van der Waals surface area contributed by atoms with E-state index in [0.717, 1.165) is 0 Å². The van der Waals surface area contributed by atoms with E-state index >= 15 is 0 Å². The van der Waals surface area contributed by atoms with Crippen molar-refractivity contribution in [1.29, 1.82) is 0 Å². The second-order valence-corrected chi connectivity index (χ2v) is 5.27. The first-order chi connectivity index (χ1) is 11.6. The minimum absolute atomic E-state index is 0.220. The maximum absolute atomic E-state index is 12.1. The maximum Gasteiger partial charge on any atom is 0.494 e. The van der Waals surface area contributed by atoms with Crippen molar-refractivity contribution in [3.63, 3.8) is 0 Å². The average molecular weight is 269 g/mol. The molecule has 0 unspecified atom stereocenters. The van der Waals surface area contributed by atoms with Crippen LogP contribution in [0.3, 0.4) is 0 Å². The molecule has 1 aromatic rings. The van der Waals surface area contributed by atoms with Gasteiger partial charge in [-0.3, -0.25) is 0 Å². The lowest BCUT2D eigenvalue weighted by molar-refractivity contribution is 0.00578. The molecule has 0 atom stereocenters. The lowest BCUT2D eigenvalue weighted by Crippen LogP contribution is -2.41. The van der Waals surface area contributed by atoms with Gasteiger partial charge in [0.1, 0.15) is 0 Å². The summed E-state index contributed by atoms with van der Waals surface area (Å²) in [7, 11) is -4.29. The maximum atomic E-state index is 12.1. The predicted octanol–water partition coefficient (Wildman–Crippen LogP) is 1.77. The van der Waals surface area contributed by atoms with Crippen LogP contribution in [-0.2, 0) is 14.0 Å². The van der Waals surface area contributed by atoms with Gasteiger partial charge in [0.2, 0.25) is 0 Å². The molecule has 4 nitrogen and oxygen atoms in total. The van der Waals surface area contributed by atoms with Gasteiger partial charge in [0, 0.05) is 0 Å². The third kappa shape index (κ3) is 2.53. The van der Waals surface area contributed by atoms with Gasteiger partial charge >= 0.3 is 13.1 Å². The molecule has 19 heavy (non-hydrogen) atoms. The summed E-state index contributed by atoms with van der Waals surface area (Å²) < 4.78 is 68.9. The molecule has 2 rings (SSSR count). The fourth-order valence-electron chi connectivity index (χ4n) is 1.59. The molecule has 0 saturated carbocycles. The standard InChI is InChI=1S/C14H19BO4/c1-13(2)14(3,4)19-15(18-13)11-8-6-7-10(9-11)12(16)17-5/h6-9H,1-5H3/i5D3,6D,7D,8D,9D. The third-order valence-electron chi connectivity index (χ3n) is 3.43. The highest BCUT2D eigenvalue weighted by molar-refractivity contribution is 6.62. The van der Waals surface area contributed by atoms with Crippen LogP contribution >= 0.6 is 0 Å². The summed E-state index contributed by atoms with van der Waals surface area (Å²) in [5.41, 5.74) is -2.52. The molecule has 1 fully saturated rings. The molecule has 0 spiro atoms. The molecule has 0 amide bonds. The van der Waals surface area contributed by atoms with Gasteiger partial charge in [0.25, 0.3) is 0 Å². The zero-order valence-electron chi connectivity index (χ0n) is 18.2. The van der Waals surface area contributed by atoms with Crippen molar-refractivity contribution in [2.45, 2.75) is 38.9 Å². The van der Waals surface area contributed by atoms with Gasteiger partial charge in [-0.1, -0.05) is 12.1 Å². The Morgan fingerprint density at radius 3 is 2.53 bits per heavy atom. The van der Waals surface area contributed by atoms with Crippen molar-refractivity contribution in [2.24, 2.45) is 0 Å². The summed E-state index contributed by atoms with van der Waals surface area (Å²) >= 11 is 0. The second-order valence-electron chi connectivity index (χ2n) is 5.27. The van der Waals surface area contributed by atoms with Crippen molar-refractivity contribution in [1.82, 2.24) is 0 Å². The lowest BCUT2D eigenvalue weighted by Gasteiger charge is -2.32. The van der Waals surface area contributed by atoms with E-state index in [0.29, 0.717) is 0 Å². The molecule has 0 radical (unpaired) electrons.